The molecule has 2 aliphatic heterocycles. The highest BCUT2D eigenvalue weighted by molar-refractivity contribution is 6.27. The summed E-state index contributed by atoms with van der Waals surface area (Å²) in [7, 11) is 2.03. The molecule has 0 saturated carbocycles. The number of fused-ring (bicyclic) bond motifs is 2. The number of rotatable bonds is 8. The molecule has 38 heavy (non-hydrogen) atoms. The van der Waals surface area contributed by atoms with Gasteiger partial charge in [0.15, 0.2) is 0 Å². The number of Topliss-reactive ketones (excluding diaryl/α,β-unsaturated/α-hetero) is 1. The SMILES string of the molecule is C[N+](CCCC(=O)CCl)=c1ccc2c(-c3cccc(CN4CCOCC4)c3)c3ccc(N)cc3oc-2c1.[CH3-]. The van der Waals surface area contributed by atoms with Gasteiger partial charge < -0.3 is 22.3 Å². The van der Waals surface area contributed by atoms with E-state index in [9.17, 15) is 4.79 Å². The molecular weight excluding hydrogens is 498 g/mol. The van der Waals surface area contributed by atoms with Crippen molar-refractivity contribution < 1.29 is 13.9 Å². The molecule has 2 heterocycles. The molecule has 200 valence electrons. The predicted molar refractivity (Wildman–Crippen MR) is 156 cm³/mol. The first-order valence-corrected chi connectivity index (χ1v) is 13.3. The predicted octanol–water partition coefficient (Wildman–Crippen LogP) is 5.06. The minimum Gasteiger partial charge on any atom is -0.456 e. The van der Waals surface area contributed by atoms with Crippen LogP contribution in [0.2, 0.25) is 0 Å². The summed E-state index contributed by atoms with van der Waals surface area (Å²) in [5.74, 6) is 0.951. The molecule has 0 bridgehead atoms. The Bertz CT molecular complexity index is 1460. The molecule has 0 aromatic heterocycles. The standard InChI is InChI=1S/C30H32ClN3O3.CH3/c1-33(11-3-6-25(35)19-31)24-8-10-27-29(18-24)37-28-17-23(32)7-9-26(28)30(27)22-5-2-4-21(16-22)20-34-12-14-36-15-13-34;/h2,4-5,7-10,16-18,32H,3,6,11-15,19-20H2,1H3;1H3/q;-1/p+1. The molecule has 0 spiro atoms. The Morgan fingerprint density at radius 1 is 1.08 bits per heavy atom. The smallest absolute Gasteiger partial charge is 0.203 e. The van der Waals surface area contributed by atoms with Crippen molar-refractivity contribution in [2.75, 3.05) is 51.5 Å². The van der Waals surface area contributed by atoms with Crippen LogP contribution in [-0.2, 0) is 16.1 Å². The summed E-state index contributed by atoms with van der Waals surface area (Å²) in [6, 6.07) is 21.0. The number of ketones is 1. The van der Waals surface area contributed by atoms with Gasteiger partial charge in [0.2, 0.25) is 5.36 Å². The zero-order chi connectivity index (χ0) is 25.8. The van der Waals surface area contributed by atoms with Crippen molar-refractivity contribution in [3.05, 3.63) is 79.0 Å². The number of halogens is 1. The largest absolute Gasteiger partial charge is 0.456 e. The number of benzene rings is 3. The third-order valence-corrected chi connectivity index (χ3v) is 7.29. The van der Waals surface area contributed by atoms with Gasteiger partial charge in [0.25, 0.3) is 0 Å². The highest BCUT2D eigenvalue weighted by atomic mass is 35.5. The molecule has 1 aliphatic carbocycles. The van der Waals surface area contributed by atoms with Crippen LogP contribution in [0, 0.1) is 7.43 Å². The van der Waals surface area contributed by atoms with Gasteiger partial charge in [-0.15, -0.1) is 11.6 Å². The third kappa shape index (κ3) is 6.26. The maximum atomic E-state index is 11.6. The van der Waals surface area contributed by atoms with Gasteiger partial charge in [0, 0.05) is 66.8 Å². The number of hydrogen-bond acceptors (Lipinski definition) is 5. The average Bonchev–Trinajstić information content (AvgIpc) is 2.91. The van der Waals surface area contributed by atoms with Crippen molar-refractivity contribution in [3.63, 3.8) is 0 Å². The first kappa shape index (κ1) is 27.8. The van der Waals surface area contributed by atoms with Gasteiger partial charge >= 0.3 is 0 Å². The van der Waals surface area contributed by atoms with Gasteiger partial charge in [-0.25, -0.2) is 4.58 Å². The number of ether oxygens (including phenoxy) is 1. The van der Waals surface area contributed by atoms with Crippen LogP contribution in [0.4, 0.5) is 5.69 Å². The Balaban J connectivity index is 0.00000336. The minimum atomic E-state index is 0. The van der Waals surface area contributed by atoms with Crippen molar-refractivity contribution in [1.29, 1.82) is 0 Å². The molecule has 0 atom stereocenters. The second-order valence-electron chi connectivity index (χ2n) is 9.70. The van der Waals surface area contributed by atoms with Gasteiger partial charge in [0.1, 0.15) is 30.7 Å². The van der Waals surface area contributed by atoms with E-state index in [1.807, 2.05) is 25.2 Å². The topological polar surface area (TPSA) is 71.7 Å². The normalized spacial score (nSPS) is 14.9. The molecule has 2 aromatic rings. The van der Waals surface area contributed by atoms with Crippen LogP contribution in [0.1, 0.15) is 18.4 Å². The lowest BCUT2D eigenvalue weighted by Gasteiger charge is -2.26. The number of morpholine rings is 1. The van der Waals surface area contributed by atoms with Gasteiger partial charge in [-0.05, 0) is 35.4 Å². The van der Waals surface area contributed by atoms with Crippen LogP contribution in [0.5, 0.6) is 0 Å². The van der Waals surface area contributed by atoms with Crippen molar-refractivity contribution in [2.24, 2.45) is 0 Å². The molecule has 3 aliphatic rings. The molecule has 1 saturated heterocycles. The van der Waals surface area contributed by atoms with E-state index in [0.29, 0.717) is 12.1 Å². The van der Waals surface area contributed by atoms with Crippen LogP contribution in [0.15, 0.2) is 65.1 Å². The number of carbonyl (C=O) groups excluding carboxylic acids is 1. The molecular formula is C31H36ClN3O3. The summed E-state index contributed by atoms with van der Waals surface area (Å²) in [6.07, 6.45) is 1.24. The zero-order valence-electron chi connectivity index (χ0n) is 22.2. The number of anilines is 1. The highest BCUT2D eigenvalue weighted by Crippen LogP contribution is 2.40. The first-order chi connectivity index (χ1) is 18.0. The summed E-state index contributed by atoms with van der Waals surface area (Å²) >= 11 is 5.64. The Kier molecular flexibility index (Phi) is 9.21. The van der Waals surface area contributed by atoms with E-state index in [1.54, 1.807) is 0 Å². The monoisotopic (exact) mass is 533 g/mol. The van der Waals surface area contributed by atoms with Crippen molar-refractivity contribution in [3.8, 4) is 22.5 Å². The fraction of sp³-hybridized carbons (Fsp3) is 0.323. The number of carbonyl (C=O) groups is 1. The van der Waals surface area contributed by atoms with Crippen LogP contribution >= 0.6 is 11.6 Å². The van der Waals surface area contributed by atoms with Gasteiger partial charge in [-0.3, -0.25) is 9.69 Å². The Morgan fingerprint density at radius 3 is 2.68 bits per heavy atom. The summed E-state index contributed by atoms with van der Waals surface area (Å²) < 4.78 is 14.0. The second kappa shape index (κ2) is 12.6. The molecule has 0 amide bonds. The number of nitrogens with zero attached hydrogens (tertiary/aromatic N) is 2. The second-order valence-corrected chi connectivity index (χ2v) is 9.97. The Morgan fingerprint density at radius 2 is 1.89 bits per heavy atom. The number of nitrogens with two attached hydrogens (primary N) is 1. The lowest BCUT2D eigenvalue weighted by Crippen LogP contribution is -2.35. The molecule has 5 rings (SSSR count). The molecule has 6 nitrogen and oxygen atoms in total. The maximum absolute atomic E-state index is 11.6. The van der Waals surface area contributed by atoms with Crippen LogP contribution in [0.25, 0.3) is 33.4 Å². The number of alkyl halides is 1. The van der Waals surface area contributed by atoms with Crippen LogP contribution < -0.4 is 15.7 Å². The van der Waals surface area contributed by atoms with E-state index in [0.717, 1.165) is 84.6 Å². The van der Waals surface area contributed by atoms with Crippen molar-refractivity contribution in [1.82, 2.24) is 9.48 Å². The summed E-state index contributed by atoms with van der Waals surface area (Å²) in [5.41, 5.74) is 12.2. The summed E-state index contributed by atoms with van der Waals surface area (Å²) in [6.45, 7) is 5.14. The quantitative estimate of drug-likeness (QED) is 0.113. The molecule has 0 radical (unpaired) electrons. The minimum absolute atomic E-state index is 0. The summed E-state index contributed by atoms with van der Waals surface area (Å²) in [5, 5.41) is 2.07. The van der Waals surface area contributed by atoms with Gasteiger partial charge in [-0.1, -0.05) is 18.2 Å². The fourth-order valence-corrected chi connectivity index (χ4v) is 5.13. The van der Waals surface area contributed by atoms with E-state index < -0.39 is 0 Å². The third-order valence-electron chi connectivity index (χ3n) is 6.99. The Labute approximate surface area is 229 Å². The fourth-order valence-electron chi connectivity index (χ4n) is 5.00. The maximum Gasteiger partial charge on any atom is 0.203 e. The average molecular weight is 534 g/mol. The van der Waals surface area contributed by atoms with Gasteiger partial charge in [0.05, 0.1) is 25.2 Å². The zero-order valence-corrected chi connectivity index (χ0v) is 23.0. The van der Waals surface area contributed by atoms with E-state index in [1.165, 1.54) is 5.56 Å². The van der Waals surface area contributed by atoms with E-state index in [-0.39, 0.29) is 19.1 Å². The molecule has 7 heteroatoms. The summed E-state index contributed by atoms with van der Waals surface area (Å²) in [4.78, 5) is 14.0. The molecule has 1 fully saturated rings. The van der Waals surface area contributed by atoms with Crippen molar-refractivity contribution in [2.45, 2.75) is 19.4 Å². The van der Waals surface area contributed by atoms with Crippen LogP contribution in [-0.4, -0.2) is 56.5 Å². The Hall–Kier alpha value is -3.19. The first-order valence-electron chi connectivity index (χ1n) is 12.8. The van der Waals surface area contributed by atoms with Crippen LogP contribution in [0.3, 0.4) is 0 Å². The lowest BCUT2D eigenvalue weighted by atomic mass is 9.92. The van der Waals surface area contributed by atoms with E-state index >= 15 is 0 Å². The number of nitrogen functional groups attached to an aromatic ring is 1. The highest BCUT2D eigenvalue weighted by Gasteiger charge is 2.19. The van der Waals surface area contributed by atoms with E-state index in [2.05, 4.69) is 51.9 Å². The van der Waals surface area contributed by atoms with Crippen molar-refractivity contribution >= 4 is 34.0 Å². The van der Waals surface area contributed by atoms with E-state index in [4.69, 9.17) is 26.5 Å². The molecule has 2 N–H and O–H groups in total. The molecule has 0 unspecified atom stereocenters. The van der Waals surface area contributed by atoms with Gasteiger partial charge in [-0.2, -0.15) is 0 Å². The molecule has 2 aromatic carbocycles. The lowest BCUT2D eigenvalue weighted by molar-refractivity contribution is -0.116. The number of hydrogen-bond donors (Lipinski definition) is 1.